The number of carbonyl (C=O) groups is 1. The molecular formula is C21H26F2N3O3S2+. The van der Waals surface area contributed by atoms with Gasteiger partial charge in [-0.2, -0.15) is 13.1 Å². The van der Waals surface area contributed by atoms with E-state index < -0.39 is 15.8 Å². The van der Waals surface area contributed by atoms with Crippen molar-refractivity contribution in [1.82, 2.24) is 4.31 Å². The number of hydrogen-bond donors (Lipinski definition) is 2. The number of anilines is 1. The highest BCUT2D eigenvalue weighted by atomic mass is 32.2. The zero-order chi connectivity index (χ0) is 22.6. The van der Waals surface area contributed by atoms with Crippen LogP contribution >= 0.6 is 11.8 Å². The van der Waals surface area contributed by atoms with E-state index in [9.17, 15) is 22.0 Å². The molecule has 31 heavy (non-hydrogen) atoms. The highest BCUT2D eigenvalue weighted by molar-refractivity contribution is 7.99. The summed E-state index contributed by atoms with van der Waals surface area (Å²) in [6.45, 7) is 5.79. The molecule has 10 heteroatoms. The Hall–Kier alpha value is -2.01. The van der Waals surface area contributed by atoms with E-state index in [1.165, 1.54) is 16.4 Å². The van der Waals surface area contributed by atoms with E-state index in [-0.39, 0.29) is 12.5 Å². The SMILES string of the molecule is Cc1ccc(S(=O)(=O)N2CC[NH+](CC(=O)Nc3ccc(SC(F)F)cc3)CC2)cc1C. The molecule has 6 nitrogen and oxygen atoms in total. The summed E-state index contributed by atoms with van der Waals surface area (Å²) in [6.07, 6.45) is 0. The Balaban J connectivity index is 1.51. The van der Waals surface area contributed by atoms with Crippen molar-refractivity contribution in [1.29, 1.82) is 0 Å². The van der Waals surface area contributed by atoms with Gasteiger partial charge in [-0.25, -0.2) is 8.42 Å². The molecule has 1 fully saturated rings. The van der Waals surface area contributed by atoms with E-state index in [1.54, 1.807) is 24.3 Å². The van der Waals surface area contributed by atoms with Crippen molar-refractivity contribution in [3.05, 3.63) is 53.6 Å². The number of benzene rings is 2. The average molecular weight is 471 g/mol. The van der Waals surface area contributed by atoms with Crippen molar-refractivity contribution in [2.45, 2.75) is 29.4 Å². The number of alkyl halides is 2. The van der Waals surface area contributed by atoms with Gasteiger partial charge in [0.25, 0.3) is 11.7 Å². The van der Waals surface area contributed by atoms with Crippen LogP contribution < -0.4 is 10.2 Å². The molecule has 1 amide bonds. The molecule has 0 atom stereocenters. The van der Waals surface area contributed by atoms with Gasteiger partial charge in [-0.15, -0.1) is 0 Å². The number of sulfonamides is 1. The molecule has 1 heterocycles. The fourth-order valence-electron chi connectivity index (χ4n) is 3.39. The second-order valence-electron chi connectivity index (χ2n) is 7.53. The normalized spacial score (nSPS) is 15.9. The van der Waals surface area contributed by atoms with Gasteiger partial charge < -0.3 is 10.2 Å². The average Bonchev–Trinajstić information content (AvgIpc) is 2.71. The first-order valence-electron chi connectivity index (χ1n) is 9.91. The highest BCUT2D eigenvalue weighted by Gasteiger charge is 2.31. The summed E-state index contributed by atoms with van der Waals surface area (Å²) in [5.41, 5.74) is 2.52. The number of halogens is 2. The van der Waals surface area contributed by atoms with Gasteiger partial charge in [0.2, 0.25) is 10.0 Å². The van der Waals surface area contributed by atoms with Crippen molar-refractivity contribution in [3.63, 3.8) is 0 Å². The third-order valence-corrected chi connectivity index (χ3v) is 7.94. The lowest BCUT2D eigenvalue weighted by molar-refractivity contribution is -0.895. The first-order valence-corrected chi connectivity index (χ1v) is 12.2. The maximum Gasteiger partial charge on any atom is 0.288 e. The summed E-state index contributed by atoms with van der Waals surface area (Å²) in [4.78, 5) is 14.0. The van der Waals surface area contributed by atoms with Gasteiger partial charge in [0.05, 0.1) is 31.1 Å². The number of hydrogen-bond acceptors (Lipinski definition) is 4. The molecule has 0 spiro atoms. The first-order chi connectivity index (χ1) is 14.6. The summed E-state index contributed by atoms with van der Waals surface area (Å²) >= 11 is 0.452. The molecule has 0 radical (unpaired) electrons. The molecule has 0 bridgehead atoms. The van der Waals surface area contributed by atoms with Gasteiger partial charge in [0.15, 0.2) is 6.54 Å². The Morgan fingerprint density at radius 3 is 2.32 bits per heavy atom. The fraction of sp³-hybridized carbons (Fsp3) is 0.381. The van der Waals surface area contributed by atoms with E-state index in [2.05, 4.69) is 5.32 Å². The Bertz CT molecular complexity index is 1020. The van der Waals surface area contributed by atoms with E-state index in [4.69, 9.17) is 0 Å². The van der Waals surface area contributed by atoms with Crippen molar-refractivity contribution in [3.8, 4) is 0 Å². The topological polar surface area (TPSA) is 70.9 Å². The van der Waals surface area contributed by atoms with Crippen LogP contribution in [-0.4, -0.2) is 57.1 Å². The molecular weight excluding hydrogens is 444 g/mol. The summed E-state index contributed by atoms with van der Waals surface area (Å²) in [7, 11) is -3.55. The smallest absolute Gasteiger partial charge is 0.288 e. The summed E-state index contributed by atoms with van der Waals surface area (Å²) in [5.74, 6) is -2.68. The van der Waals surface area contributed by atoms with Gasteiger partial charge in [-0.05, 0) is 61.4 Å². The van der Waals surface area contributed by atoms with Crippen LogP contribution in [-0.2, 0) is 14.8 Å². The summed E-state index contributed by atoms with van der Waals surface area (Å²) in [5, 5.41) is 2.76. The number of thioether (sulfide) groups is 1. The minimum absolute atomic E-state index is 0.199. The second-order valence-corrected chi connectivity index (χ2v) is 10.5. The maximum atomic E-state index is 12.9. The van der Waals surface area contributed by atoms with E-state index in [0.717, 1.165) is 16.0 Å². The van der Waals surface area contributed by atoms with Crippen molar-refractivity contribution >= 4 is 33.4 Å². The van der Waals surface area contributed by atoms with Crippen molar-refractivity contribution < 1.29 is 26.9 Å². The number of amides is 1. The van der Waals surface area contributed by atoms with Gasteiger partial charge >= 0.3 is 0 Å². The standard InChI is InChI=1S/C21H25F2N3O3S2/c1-15-3-8-19(13-16(15)2)31(28,29)26-11-9-25(10-12-26)14-20(27)24-17-4-6-18(7-5-17)30-21(22)23/h3-8,13,21H,9-12,14H2,1-2H3,(H,24,27)/p+1. The highest BCUT2D eigenvalue weighted by Crippen LogP contribution is 2.26. The van der Waals surface area contributed by atoms with Crippen LogP contribution in [0.25, 0.3) is 0 Å². The van der Waals surface area contributed by atoms with Crippen LogP contribution in [0.5, 0.6) is 0 Å². The number of nitrogens with one attached hydrogen (secondary N) is 2. The summed E-state index contributed by atoms with van der Waals surface area (Å²) < 4.78 is 52.0. The van der Waals surface area contributed by atoms with Gasteiger partial charge in [-0.1, -0.05) is 17.8 Å². The van der Waals surface area contributed by atoms with Crippen LogP contribution in [0.3, 0.4) is 0 Å². The molecule has 1 saturated heterocycles. The number of nitrogens with zero attached hydrogens (tertiary/aromatic N) is 1. The van der Waals surface area contributed by atoms with Gasteiger partial charge in [0, 0.05) is 10.6 Å². The van der Waals surface area contributed by atoms with Crippen LogP contribution in [0, 0.1) is 13.8 Å². The third kappa shape index (κ3) is 6.25. The molecule has 0 aromatic heterocycles. The fourth-order valence-corrected chi connectivity index (χ4v) is 5.42. The quantitative estimate of drug-likeness (QED) is 0.609. The Morgan fingerprint density at radius 1 is 1.10 bits per heavy atom. The maximum absolute atomic E-state index is 12.9. The molecule has 1 aliphatic rings. The van der Waals surface area contributed by atoms with Crippen LogP contribution in [0.15, 0.2) is 52.3 Å². The lowest BCUT2D eigenvalue weighted by atomic mass is 10.1. The number of quaternary nitrogens is 1. The zero-order valence-corrected chi connectivity index (χ0v) is 19.0. The van der Waals surface area contributed by atoms with Gasteiger partial charge in [0.1, 0.15) is 0 Å². The first kappa shape index (κ1) is 23.6. The number of piperazine rings is 1. The third-order valence-electron chi connectivity index (χ3n) is 5.32. The van der Waals surface area contributed by atoms with E-state index in [0.29, 0.717) is 53.4 Å². The van der Waals surface area contributed by atoms with E-state index >= 15 is 0 Å². The second kappa shape index (κ2) is 10.1. The predicted octanol–water partition coefficient (Wildman–Crippen LogP) is 2.15. The lowest BCUT2D eigenvalue weighted by Gasteiger charge is -2.31. The Morgan fingerprint density at radius 2 is 1.74 bits per heavy atom. The molecule has 2 aromatic carbocycles. The largest absolute Gasteiger partial charge is 0.325 e. The van der Waals surface area contributed by atoms with Crippen molar-refractivity contribution in [2.24, 2.45) is 0 Å². The monoisotopic (exact) mass is 470 g/mol. The predicted molar refractivity (Wildman–Crippen MR) is 117 cm³/mol. The minimum Gasteiger partial charge on any atom is -0.325 e. The minimum atomic E-state index is -3.55. The summed E-state index contributed by atoms with van der Waals surface area (Å²) in [6, 6.07) is 11.4. The van der Waals surface area contributed by atoms with Gasteiger partial charge in [-0.3, -0.25) is 4.79 Å². The lowest BCUT2D eigenvalue weighted by Crippen LogP contribution is -3.15. The van der Waals surface area contributed by atoms with Crippen LogP contribution in [0.1, 0.15) is 11.1 Å². The Kier molecular flexibility index (Phi) is 7.68. The number of rotatable bonds is 7. The molecule has 168 valence electrons. The van der Waals surface area contributed by atoms with Crippen LogP contribution in [0.2, 0.25) is 0 Å². The van der Waals surface area contributed by atoms with E-state index in [1.807, 2.05) is 19.9 Å². The van der Waals surface area contributed by atoms with Crippen LogP contribution in [0.4, 0.5) is 14.5 Å². The molecule has 0 aliphatic carbocycles. The molecule has 2 aromatic rings. The molecule has 0 unspecified atom stereocenters. The molecule has 2 N–H and O–H groups in total. The molecule has 0 saturated carbocycles. The number of aryl methyl sites for hydroxylation is 2. The molecule has 1 aliphatic heterocycles. The Labute approximate surface area is 185 Å². The van der Waals surface area contributed by atoms with Crippen molar-refractivity contribution in [2.75, 3.05) is 38.0 Å². The zero-order valence-electron chi connectivity index (χ0n) is 17.4. The number of carbonyl (C=O) groups excluding carboxylic acids is 1. The molecule has 3 rings (SSSR count).